The first-order valence-electron chi connectivity index (χ1n) is 0. The van der Waals surface area contributed by atoms with Gasteiger partial charge in [-0.05, 0) is 0 Å². The van der Waals surface area contributed by atoms with E-state index in [1.165, 1.54) is 0 Å². The number of hydrogen-bond acceptors (Lipinski definition) is 12. The summed E-state index contributed by atoms with van der Waals surface area (Å²) in [5, 5.41) is 0. The second-order valence-electron chi connectivity index (χ2n) is 0. The molecule has 0 unspecified atom stereocenters. The molecule has 0 heterocycles. The van der Waals surface area contributed by atoms with Crippen molar-refractivity contribution in [1.82, 2.24) is 0 Å². The van der Waals surface area contributed by atoms with E-state index in [-0.39, 0.29) is 135 Å². The average Bonchev–Trinajstić information content (AvgIpc) is 0. The van der Waals surface area contributed by atoms with Gasteiger partial charge in [-0.15, -0.1) is 0 Å². The Morgan fingerprint density at radius 1 is 0.125 bits per heavy atom. The van der Waals surface area contributed by atoms with Gasteiger partial charge in [-0.2, -0.15) is 0 Å². The Morgan fingerprint density at radius 3 is 0.125 bits per heavy atom. The van der Waals surface area contributed by atoms with Crippen LogP contribution in [0.1, 0.15) is 0 Å². The van der Waals surface area contributed by atoms with E-state index in [2.05, 4.69) is 0 Å². The van der Waals surface area contributed by atoms with Gasteiger partial charge in [0.2, 0.25) is 0 Å². The average molecular weight is 312 g/mol. The molecule has 0 bridgehead atoms. The maximum Gasteiger partial charge on any atom is 3.00 e. The fourth-order valence-electron chi connectivity index (χ4n) is 0. The van der Waals surface area contributed by atoms with Gasteiger partial charge in [0, 0.05) is 0 Å². The predicted molar refractivity (Wildman–Crippen MR) is 46.2 cm³/mol. The van der Waals surface area contributed by atoms with Gasteiger partial charge in [0.15, 0.2) is 0 Å². The topological polar surface area (TPSA) is 360 Å². The largest absolute Gasteiger partial charge is 3.00 e. The molecular formula is H12Al4O12. The van der Waals surface area contributed by atoms with E-state index in [1.807, 2.05) is 0 Å². The molecule has 0 saturated carbocycles. The Kier molecular flexibility index (Phi) is 168000. The van der Waals surface area contributed by atoms with Crippen LogP contribution in [0.3, 0.4) is 0 Å². The van der Waals surface area contributed by atoms with Crippen LogP contribution in [0.2, 0.25) is 0 Å². The Hall–Kier alpha value is 1.65. The number of rotatable bonds is 0. The third-order valence-electron chi connectivity index (χ3n) is 0. The van der Waals surface area contributed by atoms with E-state index in [1.54, 1.807) is 0 Å². The van der Waals surface area contributed by atoms with E-state index in [0.717, 1.165) is 0 Å². The minimum absolute atomic E-state index is 0. The van der Waals surface area contributed by atoms with E-state index >= 15 is 0 Å². The van der Waals surface area contributed by atoms with Crippen LogP contribution >= 0.6 is 0 Å². The summed E-state index contributed by atoms with van der Waals surface area (Å²) in [6, 6.07) is 0. The number of hydrogen-bond donors (Lipinski definition) is 0. The van der Waals surface area contributed by atoms with Gasteiger partial charge in [0.1, 0.15) is 0 Å². The molecule has 0 spiro atoms. The van der Waals surface area contributed by atoms with Crippen LogP contribution in [0, 0.1) is 0 Å². The molecule has 0 amide bonds. The SMILES string of the molecule is [Al+3].[Al+3].[Al+3].[Al+3].[OH-].[OH-].[OH-].[OH-].[OH-].[OH-].[OH-].[OH-].[OH-].[OH-].[OH-].[OH-]. The summed E-state index contributed by atoms with van der Waals surface area (Å²) in [6.45, 7) is 0. The van der Waals surface area contributed by atoms with Crippen molar-refractivity contribution < 1.29 is 65.7 Å². The third kappa shape index (κ3) is 1230. The van der Waals surface area contributed by atoms with Gasteiger partial charge < -0.3 is 65.7 Å². The van der Waals surface area contributed by atoms with Crippen molar-refractivity contribution in [1.29, 1.82) is 0 Å². The Bertz CT molecular complexity index is 13.0. The summed E-state index contributed by atoms with van der Waals surface area (Å²) >= 11 is 0. The van der Waals surface area contributed by atoms with Crippen molar-refractivity contribution >= 4 is 69.4 Å². The Labute approximate surface area is 135 Å². The zero-order valence-electron chi connectivity index (χ0n) is 7.68. The van der Waals surface area contributed by atoms with Crippen LogP contribution in [0.4, 0.5) is 0 Å². The molecule has 16 heavy (non-hydrogen) atoms. The molecule has 0 aromatic carbocycles. The second-order valence-corrected chi connectivity index (χ2v) is 0. The van der Waals surface area contributed by atoms with Crippen LogP contribution in [-0.4, -0.2) is 135 Å². The molecule has 0 rings (SSSR count). The summed E-state index contributed by atoms with van der Waals surface area (Å²) in [6.07, 6.45) is 0. The zero-order valence-corrected chi connectivity index (χ0v) is 12.3. The van der Waals surface area contributed by atoms with E-state index in [9.17, 15) is 0 Å². The standard InChI is InChI=1S/4Al.12H2O/h;;;;12*1H2/q4*+3;;;;;;;;;;;;/p-12. The van der Waals surface area contributed by atoms with Gasteiger partial charge in [-0.3, -0.25) is 0 Å². The van der Waals surface area contributed by atoms with E-state index < -0.39 is 0 Å². The van der Waals surface area contributed by atoms with Crippen molar-refractivity contribution in [2.45, 2.75) is 0 Å². The van der Waals surface area contributed by atoms with Crippen LogP contribution in [0.5, 0.6) is 0 Å². The van der Waals surface area contributed by atoms with Crippen molar-refractivity contribution in [3.8, 4) is 0 Å². The van der Waals surface area contributed by atoms with E-state index in [0.29, 0.717) is 0 Å². The van der Waals surface area contributed by atoms with Crippen molar-refractivity contribution in [2.24, 2.45) is 0 Å². The third-order valence-corrected chi connectivity index (χ3v) is 0. The molecule has 0 saturated heterocycles. The fourth-order valence-corrected chi connectivity index (χ4v) is 0. The smallest absolute Gasteiger partial charge is 0.870 e. The van der Waals surface area contributed by atoms with Crippen LogP contribution < -0.4 is 0 Å². The summed E-state index contributed by atoms with van der Waals surface area (Å²) in [4.78, 5) is 0. The molecule has 0 fully saturated rings. The van der Waals surface area contributed by atoms with Gasteiger partial charge in [-0.25, -0.2) is 0 Å². The maximum atomic E-state index is 0. The molecule has 16 heteroatoms. The molecule has 0 aliphatic carbocycles. The van der Waals surface area contributed by atoms with Crippen molar-refractivity contribution in [2.75, 3.05) is 0 Å². The Morgan fingerprint density at radius 2 is 0.125 bits per heavy atom. The predicted octanol–water partition coefficient (Wildman–Crippen LogP) is -3.64. The summed E-state index contributed by atoms with van der Waals surface area (Å²) in [7, 11) is 0. The van der Waals surface area contributed by atoms with Gasteiger partial charge >= 0.3 is 69.4 Å². The molecule has 0 aromatic heterocycles. The van der Waals surface area contributed by atoms with Crippen molar-refractivity contribution in [3.63, 3.8) is 0 Å². The van der Waals surface area contributed by atoms with Crippen molar-refractivity contribution in [3.05, 3.63) is 0 Å². The summed E-state index contributed by atoms with van der Waals surface area (Å²) < 4.78 is 0. The molecular weight excluding hydrogens is 300 g/mol. The monoisotopic (exact) mass is 312 g/mol. The molecule has 12 N–H and O–H groups in total. The normalized spacial score (nSPS) is 0. The second kappa shape index (κ2) is 1500. The molecule has 0 aromatic rings. The zero-order chi connectivity index (χ0) is 0. The quantitative estimate of drug-likeness (QED) is 0.390. The van der Waals surface area contributed by atoms with Gasteiger partial charge in [0.05, 0.1) is 0 Å². The fraction of sp³-hybridized carbons (Fsp3) is 0. The first-order valence-corrected chi connectivity index (χ1v) is 0. The maximum absolute atomic E-state index is 0. The molecule has 0 aliphatic heterocycles. The summed E-state index contributed by atoms with van der Waals surface area (Å²) in [5.41, 5.74) is 0. The van der Waals surface area contributed by atoms with E-state index in [4.69, 9.17) is 0 Å². The van der Waals surface area contributed by atoms with Gasteiger partial charge in [0.25, 0.3) is 0 Å². The molecule has 0 aliphatic rings. The molecule has 0 radical (unpaired) electrons. The van der Waals surface area contributed by atoms with Crippen LogP contribution in [0.15, 0.2) is 0 Å². The molecule has 96 valence electrons. The Balaban J connectivity index is 0. The first kappa shape index (κ1) is 1800. The molecule has 0 atom stereocenters. The van der Waals surface area contributed by atoms with Crippen LogP contribution in [0.25, 0.3) is 0 Å². The van der Waals surface area contributed by atoms with Crippen LogP contribution in [-0.2, 0) is 0 Å². The summed E-state index contributed by atoms with van der Waals surface area (Å²) in [5.74, 6) is 0. The first-order chi connectivity index (χ1) is 0. The minimum Gasteiger partial charge on any atom is -0.870 e. The minimum atomic E-state index is 0. The van der Waals surface area contributed by atoms with Gasteiger partial charge in [-0.1, -0.05) is 0 Å². The molecule has 12 nitrogen and oxygen atoms in total.